The van der Waals surface area contributed by atoms with Gasteiger partial charge in [0.05, 0.1) is 7.11 Å². The number of rotatable bonds is 4. The van der Waals surface area contributed by atoms with Gasteiger partial charge < -0.3 is 9.84 Å². The molecule has 0 spiro atoms. The summed E-state index contributed by atoms with van der Waals surface area (Å²) < 4.78 is 5.25. The quantitative estimate of drug-likeness (QED) is 0.856. The maximum Gasteiger partial charge on any atom is 0.126 e. The molecule has 0 saturated heterocycles. The summed E-state index contributed by atoms with van der Waals surface area (Å²) in [6.45, 7) is 12.2. The van der Waals surface area contributed by atoms with E-state index in [2.05, 4.69) is 6.07 Å². The Morgan fingerprint density at radius 2 is 1.79 bits per heavy atom. The van der Waals surface area contributed by atoms with Crippen LogP contribution in [0.2, 0.25) is 0 Å². The monoisotopic (exact) mass is 266 g/mol. The minimum absolute atomic E-state index is 0.171. The molecule has 1 aromatic rings. The fourth-order valence-electron chi connectivity index (χ4n) is 1.31. The summed E-state index contributed by atoms with van der Waals surface area (Å²) in [4.78, 5) is 0. The first-order valence-electron chi connectivity index (χ1n) is 7.11. The van der Waals surface area contributed by atoms with Gasteiger partial charge in [-0.2, -0.15) is 0 Å². The maximum atomic E-state index is 8.91. The van der Waals surface area contributed by atoms with Crippen molar-refractivity contribution in [2.24, 2.45) is 5.92 Å². The van der Waals surface area contributed by atoms with Gasteiger partial charge in [-0.25, -0.2) is 0 Å². The Kier molecular flexibility index (Phi) is 13.9. The van der Waals surface area contributed by atoms with Crippen molar-refractivity contribution in [3.63, 3.8) is 0 Å². The van der Waals surface area contributed by atoms with E-state index in [-0.39, 0.29) is 12.5 Å². The predicted octanol–water partition coefficient (Wildman–Crippen LogP) is 4.70. The summed E-state index contributed by atoms with van der Waals surface area (Å²) in [5, 5.41) is 8.91. The van der Waals surface area contributed by atoms with E-state index < -0.39 is 0 Å². The Labute approximate surface area is 119 Å². The largest absolute Gasteiger partial charge is 0.496 e. The summed E-state index contributed by atoms with van der Waals surface area (Å²) in [7, 11) is 1.66. The molecule has 0 aliphatic carbocycles. The van der Waals surface area contributed by atoms with E-state index in [1.54, 1.807) is 7.11 Å². The molecule has 2 nitrogen and oxygen atoms in total. The van der Waals surface area contributed by atoms with Crippen LogP contribution in [-0.4, -0.2) is 18.8 Å². The lowest BCUT2D eigenvalue weighted by Crippen LogP contribution is -1.95. The van der Waals surface area contributed by atoms with E-state index in [9.17, 15) is 0 Å². The first-order chi connectivity index (χ1) is 9.17. The van der Waals surface area contributed by atoms with Gasteiger partial charge >= 0.3 is 0 Å². The highest BCUT2D eigenvalue weighted by Gasteiger charge is 2.00. The zero-order valence-electron chi connectivity index (χ0n) is 13.5. The third kappa shape index (κ3) is 8.44. The summed E-state index contributed by atoms with van der Waals surface area (Å²) in [5.41, 5.74) is 2.25. The van der Waals surface area contributed by atoms with E-state index in [0.717, 1.165) is 11.3 Å². The molecule has 0 radical (unpaired) electrons. The SMILES string of the molecule is CC.CC.COc1ccc(C)cc1/C=C/C(C)CO. The lowest BCUT2D eigenvalue weighted by molar-refractivity contribution is 0.262. The van der Waals surface area contributed by atoms with E-state index in [1.807, 2.05) is 65.8 Å². The minimum atomic E-state index is 0.171. The topological polar surface area (TPSA) is 29.5 Å². The molecule has 0 fully saturated rings. The molecule has 0 bridgehead atoms. The van der Waals surface area contributed by atoms with Crippen LogP contribution >= 0.6 is 0 Å². The number of benzene rings is 1. The fourth-order valence-corrected chi connectivity index (χ4v) is 1.31. The molecule has 0 aromatic heterocycles. The molecule has 19 heavy (non-hydrogen) atoms. The molecule has 0 aliphatic rings. The highest BCUT2D eigenvalue weighted by Crippen LogP contribution is 2.21. The Morgan fingerprint density at radius 1 is 1.21 bits per heavy atom. The van der Waals surface area contributed by atoms with Crippen LogP contribution in [0.5, 0.6) is 5.75 Å². The molecule has 110 valence electrons. The van der Waals surface area contributed by atoms with Gasteiger partial charge in [0.15, 0.2) is 0 Å². The van der Waals surface area contributed by atoms with Crippen molar-refractivity contribution in [3.8, 4) is 5.75 Å². The smallest absolute Gasteiger partial charge is 0.126 e. The van der Waals surface area contributed by atoms with Crippen LogP contribution in [0, 0.1) is 12.8 Å². The van der Waals surface area contributed by atoms with Crippen molar-refractivity contribution in [1.82, 2.24) is 0 Å². The highest BCUT2D eigenvalue weighted by atomic mass is 16.5. The normalized spacial score (nSPS) is 10.9. The zero-order chi connectivity index (χ0) is 15.3. The first kappa shape index (κ1) is 20.0. The number of hydrogen-bond donors (Lipinski definition) is 1. The third-order valence-electron chi connectivity index (χ3n) is 2.28. The Morgan fingerprint density at radius 3 is 2.26 bits per heavy atom. The van der Waals surface area contributed by atoms with Crippen molar-refractivity contribution in [2.75, 3.05) is 13.7 Å². The van der Waals surface area contributed by atoms with Crippen molar-refractivity contribution in [2.45, 2.75) is 41.5 Å². The van der Waals surface area contributed by atoms with Crippen molar-refractivity contribution in [1.29, 1.82) is 0 Å². The minimum Gasteiger partial charge on any atom is -0.496 e. The second-order valence-corrected chi connectivity index (χ2v) is 3.76. The zero-order valence-corrected chi connectivity index (χ0v) is 13.5. The summed E-state index contributed by atoms with van der Waals surface area (Å²) in [6.07, 6.45) is 3.98. The van der Waals surface area contributed by atoms with Gasteiger partial charge in [0, 0.05) is 12.2 Å². The summed E-state index contributed by atoms with van der Waals surface area (Å²) in [5.74, 6) is 1.04. The van der Waals surface area contributed by atoms with Crippen LogP contribution in [0.3, 0.4) is 0 Å². The number of aryl methyl sites for hydroxylation is 1. The molecule has 1 aromatic carbocycles. The first-order valence-corrected chi connectivity index (χ1v) is 7.11. The van der Waals surface area contributed by atoms with E-state index in [4.69, 9.17) is 9.84 Å². The van der Waals surface area contributed by atoms with E-state index >= 15 is 0 Å². The molecule has 0 heterocycles. The lowest BCUT2D eigenvalue weighted by Gasteiger charge is -2.06. The van der Waals surface area contributed by atoms with E-state index in [0.29, 0.717) is 0 Å². The standard InChI is InChI=1S/C13H18O2.2C2H6/c1-10-5-7-13(15-3)12(8-10)6-4-11(2)9-14;2*1-2/h4-8,11,14H,9H2,1-3H3;2*1-2H3/b6-4+;;. The van der Waals surface area contributed by atoms with Crippen molar-refractivity contribution in [3.05, 3.63) is 35.4 Å². The Balaban J connectivity index is 0. The van der Waals surface area contributed by atoms with Gasteiger partial charge in [-0.15, -0.1) is 0 Å². The molecule has 1 N–H and O–H groups in total. The average molecular weight is 266 g/mol. The van der Waals surface area contributed by atoms with Crippen LogP contribution in [0.4, 0.5) is 0 Å². The molecule has 1 unspecified atom stereocenters. The average Bonchev–Trinajstić information content (AvgIpc) is 2.49. The Bertz CT molecular complexity index is 343. The lowest BCUT2D eigenvalue weighted by atomic mass is 10.1. The molecular weight excluding hydrogens is 236 g/mol. The Hall–Kier alpha value is -1.28. The second kappa shape index (κ2) is 13.2. The number of aliphatic hydroxyl groups excluding tert-OH is 1. The third-order valence-corrected chi connectivity index (χ3v) is 2.28. The van der Waals surface area contributed by atoms with Crippen LogP contribution in [0.25, 0.3) is 6.08 Å². The number of hydrogen-bond acceptors (Lipinski definition) is 2. The second-order valence-electron chi connectivity index (χ2n) is 3.76. The van der Waals surface area contributed by atoms with E-state index in [1.165, 1.54) is 5.56 Å². The van der Waals surface area contributed by atoms with Crippen LogP contribution in [0.15, 0.2) is 24.3 Å². The number of methoxy groups -OCH3 is 1. The molecule has 2 heteroatoms. The maximum absolute atomic E-state index is 8.91. The van der Waals surface area contributed by atoms with Gasteiger partial charge in [0.2, 0.25) is 0 Å². The van der Waals surface area contributed by atoms with Gasteiger partial charge in [-0.05, 0) is 25.0 Å². The van der Waals surface area contributed by atoms with Crippen LogP contribution < -0.4 is 4.74 Å². The molecule has 1 atom stereocenters. The van der Waals surface area contributed by atoms with Gasteiger partial charge in [-0.1, -0.05) is 58.4 Å². The number of ether oxygens (including phenoxy) is 1. The molecule has 0 amide bonds. The molecule has 0 aliphatic heterocycles. The summed E-state index contributed by atoms with van der Waals surface area (Å²) >= 11 is 0. The van der Waals surface area contributed by atoms with Crippen LogP contribution in [0.1, 0.15) is 45.7 Å². The van der Waals surface area contributed by atoms with Crippen molar-refractivity contribution < 1.29 is 9.84 Å². The van der Waals surface area contributed by atoms with Crippen LogP contribution in [-0.2, 0) is 0 Å². The predicted molar refractivity (Wildman–Crippen MR) is 85.7 cm³/mol. The fraction of sp³-hybridized carbons (Fsp3) is 0.529. The highest BCUT2D eigenvalue weighted by molar-refractivity contribution is 5.58. The van der Waals surface area contributed by atoms with Gasteiger partial charge in [0.25, 0.3) is 0 Å². The van der Waals surface area contributed by atoms with Gasteiger partial charge in [-0.3, -0.25) is 0 Å². The summed E-state index contributed by atoms with van der Waals surface area (Å²) in [6, 6.07) is 6.05. The van der Waals surface area contributed by atoms with Crippen molar-refractivity contribution >= 4 is 6.08 Å². The molecule has 1 rings (SSSR count). The van der Waals surface area contributed by atoms with Gasteiger partial charge in [0.1, 0.15) is 5.75 Å². The molecular formula is C17H30O2. The molecule has 0 saturated carbocycles. The number of aliphatic hydroxyl groups is 1.